The van der Waals surface area contributed by atoms with E-state index >= 15 is 0 Å². The maximum Gasteiger partial charge on any atom is 0.306 e. The number of aliphatic carboxylic acids is 1. The monoisotopic (exact) mass is 347 g/mol. The van der Waals surface area contributed by atoms with Gasteiger partial charge in [-0.2, -0.15) is 0 Å². The van der Waals surface area contributed by atoms with Gasteiger partial charge >= 0.3 is 5.97 Å². The van der Waals surface area contributed by atoms with Crippen LogP contribution in [0, 0.1) is 12.8 Å². The van der Waals surface area contributed by atoms with Gasteiger partial charge in [0, 0.05) is 18.7 Å². The Morgan fingerprint density at radius 3 is 2.68 bits per heavy atom. The fourth-order valence-corrected chi connectivity index (χ4v) is 4.18. The topological polar surface area (TPSA) is 92.7 Å². The molecule has 1 aromatic carbocycles. The Labute approximate surface area is 134 Å². The van der Waals surface area contributed by atoms with E-state index in [1.165, 1.54) is 13.2 Å². The number of nitrogens with one attached hydrogen (secondary N) is 1. The van der Waals surface area contributed by atoms with Crippen LogP contribution >= 0.6 is 11.6 Å². The summed E-state index contributed by atoms with van der Waals surface area (Å²) in [6, 6.07) is 4.64. The minimum absolute atomic E-state index is 0.0293. The SMILES string of the molecule is COC1(CNS(=O)(=O)c2cc(Cl)ccc2C)CC(C(=O)O)C1. The molecular formula is C14H18ClNO5S. The molecule has 0 atom stereocenters. The molecule has 6 nitrogen and oxygen atoms in total. The lowest BCUT2D eigenvalue weighted by molar-refractivity contribution is -0.161. The number of hydrogen-bond acceptors (Lipinski definition) is 4. The third-order valence-electron chi connectivity index (χ3n) is 4.04. The minimum Gasteiger partial charge on any atom is -0.481 e. The molecule has 0 radical (unpaired) electrons. The second-order valence-electron chi connectivity index (χ2n) is 5.56. The Bertz CT molecular complexity index is 682. The van der Waals surface area contributed by atoms with Crippen molar-refractivity contribution in [1.29, 1.82) is 0 Å². The van der Waals surface area contributed by atoms with Gasteiger partial charge < -0.3 is 9.84 Å². The molecule has 1 saturated carbocycles. The zero-order valence-electron chi connectivity index (χ0n) is 12.3. The molecule has 0 spiro atoms. The second kappa shape index (κ2) is 6.16. The lowest BCUT2D eigenvalue weighted by Crippen LogP contribution is -2.55. The number of carbonyl (C=O) groups is 1. The fraction of sp³-hybridized carbons (Fsp3) is 0.500. The first-order valence-electron chi connectivity index (χ1n) is 6.73. The maximum atomic E-state index is 12.4. The van der Waals surface area contributed by atoms with Gasteiger partial charge in [-0.25, -0.2) is 13.1 Å². The molecule has 1 aliphatic carbocycles. The first-order chi connectivity index (χ1) is 10.2. The average Bonchev–Trinajstić information content (AvgIpc) is 2.40. The number of sulfonamides is 1. The molecule has 0 aliphatic heterocycles. The van der Waals surface area contributed by atoms with Crippen LogP contribution < -0.4 is 4.72 Å². The van der Waals surface area contributed by atoms with Crippen molar-refractivity contribution in [1.82, 2.24) is 4.72 Å². The smallest absolute Gasteiger partial charge is 0.306 e. The van der Waals surface area contributed by atoms with Crippen LogP contribution in [0.4, 0.5) is 0 Å². The maximum absolute atomic E-state index is 12.4. The highest BCUT2D eigenvalue weighted by Crippen LogP contribution is 2.40. The molecule has 1 aromatic rings. The number of aryl methyl sites for hydroxylation is 1. The molecule has 0 amide bonds. The summed E-state index contributed by atoms with van der Waals surface area (Å²) in [5, 5.41) is 9.26. The molecule has 0 bridgehead atoms. The quantitative estimate of drug-likeness (QED) is 0.818. The van der Waals surface area contributed by atoms with Crippen LogP contribution in [0.25, 0.3) is 0 Å². The summed E-state index contributed by atoms with van der Waals surface area (Å²) in [6.07, 6.45) is 0.575. The molecule has 1 fully saturated rings. The molecule has 2 rings (SSSR count). The molecule has 0 heterocycles. The standard InChI is InChI=1S/C14H18ClNO5S/c1-9-3-4-11(15)5-12(9)22(19,20)16-8-14(21-2)6-10(7-14)13(17)18/h3-5,10,16H,6-8H2,1-2H3,(H,17,18). The fourth-order valence-electron chi connectivity index (χ4n) is 2.56. The highest BCUT2D eigenvalue weighted by atomic mass is 35.5. The number of rotatable bonds is 6. The predicted octanol–water partition coefficient (Wildman–Crippen LogP) is 1.81. The highest BCUT2D eigenvalue weighted by Gasteiger charge is 2.48. The van der Waals surface area contributed by atoms with E-state index in [1.54, 1.807) is 19.1 Å². The molecule has 0 saturated heterocycles. The van der Waals surface area contributed by atoms with Gasteiger partial charge in [-0.15, -0.1) is 0 Å². The van der Waals surface area contributed by atoms with Gasteiger partial charge in [0.2, 0.25) is 10.0 Å². The largest absolute Gasteiger partial charge is 0.481 e. The normalized spacial score (nSPS) is 24.8. The van der Waals surface area contributed by atoms with Crippen molar-refractivity contribution in [3.8, 4) is 0 Å². The summed E-state index contributed by atoms with van der Waals surface area (Å²) in [7, 11) is -2.28. The van der Waals surface area contributed by atoms with Gasteiger partial charge in [0.15, 0.2) is 0 Å². The molecule has 0 unspecified atom stereocenters. The van der Waals surface area contributed by atoms with Crippen molar-refractivity contribution in [3.05, 3.63) is 28.8 Å². The average molecular weight is 348 g/mol. The van der Waals surface area contributed by atoms with Crippen LogP contribution in [0.1, 0.15) is 18.4 Å². The minimum atomic E-state index is -3.73. The second-order valence-corrected chi connectivity index (χ2v) is 7.74. The molecule has 0 aromatic heterocycles. The summed E-state index contributed by atoms with van der Waals surface area (Å²) in [4.78, 5) is 11.0. The van der Waals surface area contributed by atoms with Crippen LogP contribution in [0.15, 0.2) is 23.1 Å². The third kappa shape index (κ3) is 3.43. The number of ether oxygens (including phenoxy) is 1. The predicted molar refractivity (Wildman–Crippen MR) is 81.5 cm³/mol. The number of carboxylic acid groups (broad SMARTS) is 1. The number of carboxylic acids is 1. The Morgan fingerprint density at radius 1 is 1.50 bits per heavy atom. The van der Waals surface area contributed by atoms with Crippen molar-refractivity contribution < 1.29 is 23.1 Å². The summed E-state index contributed by atoms with van der Waals surface area (Å²) in [5.41, 5.74) is -0.178. The van der Waals surface area contributed by atoms with Gasteiger partial charge in [0.05, 0.1) is 16.4 Å². The Balaban J connectivity index is 2.10. The van der Waals surface area contributed by atoms with E-state index in [0.717, 1.165) is 0 Å². The molecule has 8 heteroatoms. The Kier molecular flexibility index (Phi) is 4.81. The molecule has 22 heavy (non-hydrogen) atoms. The van der Waals surface area contributed by atoms with E-state index in [1.807, 2.05) is 0 Å². The Hall–Kier alpha value is -1.15. The molecule has 2 N–H and O–H groups in total. The van der Waals surface area contributed by atoms with Crippen LogP contribution in [0.3, 0.4) is 0 Å². The van der Waals surface area contributed by atoms with E-state index in [-0.39, 0.29) is 24.3 Å². The van der Waals surface area contributed by atoms with E-state index in [9.17, 15) is 13.2 Å². The number of halogens is 1. The third-order valence-corrected chi connectivity index (χ3v) is 5.82. The van der Waals surface area contributed by atoms with Gasteiger partial charge in [0.1, 0.15) is 0 Å². The first-order valence-corrected chi connectivity index (χ1v) is 8.59. The van der Waals surface area contributed by atoms with Crippen LogP contribution in [0.5, 0.6) is 0 Å². The highest BCUT2D eigenvalue weighted by molar-refractivity contribution is 7.89. The zero-order valence-corrected chi connectivity index (χ0v) is 13.9. The van der Waals surface area contributed by atoms with E-state index < -0.39 is 27.5 Å². The summed E-state index contributed by atoms with van der Waals surface area (Å²) >= 11 is 5.85. The molecule has 1 aliphatic rings. The number of hydrogen-bond donors (Lipinski definition) is 2. The number of benzene rings is 1. The van der Waals surface area contributed by atoms with Crippen LogP contribution in [0.2, 0.25) is 5.02 Å². The summed E-state index contributed by atoms with van der Waals surface area (Å²) in [6.45, 7) is 1.71. The van der Waals surface area contributed by atoms with Crippen LogP contribution in [-0.4, -0.2) is 38.7 Å². The first kappa shape index (κ1) is 17.2. The van der Waals surface area contributed by atoms with E-state index in [2.05, 4.69) is 4.72 Å². The van der Waals surface area contributed by atoms with Gasteiger partial charge in [-0.05, 0) is 37.5 Å². The summed E-state index contributed by atoms with van der Waals surface area (Å²) in [5.74, 6) is -1.38. The van der Waals surface area contributed by atoms with Crippen molar-refractivity contribution in [3.63, 3.8) is 0 Å². The van der Waals surface area contributed by atoms with Crippen molar-refractivity contribution in [2.24, 2.45) is 5.92 Å². The Morgan fingerprint density at radius 2 is 2.14 bits per heavy atom. The molecule has 122 valence electrons. The lowest BCUT2D eigenvalue weighted by atomic mass is 9.71. The van der Waals surface area contributed by atoms with Gasteiger partial charge in [0.25, 0.3) is 0 Å². The van der Waals surface area contributed by atoms with Gasteiger partial charge in [-0.1, -0.05) is 17.7 Å². The number of methoxy groups -OCH3 is 1. The van der Waals surface area contributed by atoms with Crippen molar-refractivity contribution in [2.45, 2.75) is 30.3 Å². The van der Waals surface area contributed by atoms with Crippen molar-refractivity contribution in [2.75, 3.05) is 13.7 Å². The van der Waals surface area contributed by atoms with Gasteiger partial charge in [-0.3, -0.25) is 4.79 Å². The zero-order chi connectivity index (χ0) is 16.5. The van der Waals surface area contributed by atoms with Crippen molar-refractivity contribution >= 4 is 27.6 Å². The van der Waals surface area contributed by atoms with Crippen LogP contribution in [-0.2, 0) is 19.6 Å². The summed E-state index contributed by atoms with van der Waals surface area (Å²) < 4.78 is 32.6. The molecular weight excluding hydrogens is 330 g/mol. The lowest BCUT2D eigenvalue weighted by Gasteiger charge is -2.44. The van der Waals surface area contributed by atoms with E-state index in [4.69, 9.17) is 21.4 Å². The van der Waals surface area contributed by atoms with E-state index in [0.29, 0.717) is 10.6 Å².